The van der Waals surface area contributed by atoms with Gasteiger partial charge in [-0.3, -0.25) is 9.52 Å². The van der Waals surface area contributed by atoms with Gasteiger partial charge in [0, 0.05) is 5.38 Å². The van der Waals surface area contributed by atoms with Crippen LogP contribution in [0.3, 0.4) is 0 Å². The lowest BCUT2D eigenvalue weighted by atomic mass is 10.3. The molecule has 3 aromatic rings. The third-order valence-corrected chi connectivity index (χ3v) is 5.67. The van der Waals surface area contributed by atoms with E-state index in [-0.39, 0.29) is 22.4 Å². The topological polar surface area (TPSA) is 114 Å². The molecule has 0 fully saturated rings. The lowest BCUT2D eigenvalue weighted by molar-refractivity contribution is -0.115. The van der Waals surface area contributed by atoms with Gasteiger partial charge in [0.15, 0.2) is 5.13 Å². The van der Waals surface area contributed by atoms with Crippen molar-refractivity contribution in [2.45, 2.75) is 11.3 Å². The van der Waals surface area contributed by atoms with E-state index in [0.29, 0.717) is 10.8 Å². The number of aromatic nitrogens is 3. The van der Waals surface area contributed by atoms with Crippen LogP contribution in [0.4, 0.5) is 10.3 Å². The molecule has 124 valence electrons. The number of sulfonamides is 1. The zero-order chi connectivity index (χ0) is 17.0. The molecule has 0 unspecified atom stereocenters. The summed E-state index contributed by atoms with van der Waals surface area (Å²) in [5.74, 6) is -0.297. The number of carbonyl (C=O) groups is 1. The highest BCUT2D eigenvalue weighted by Crippen LogP contribution is 2.20. The number of anilines is 2. The number of rotatable bonds is 6. The molecule has 0 aliphatic rings. The fourth-order valence-electron chi connectivity index (χ4n) is 1.76. The van der Waals surface area contributed by atoms with Gasteiger partial charge in [0.25, 0.3) is 10.0 Å². The van der Waals surface area contributed by atoms with Crippen molar-refractivity contribution in [2.24, 2.45) is 0 Å². The second-order valence-corrected chi connectivity index (χ2v) is 7.91. The molecule has 0 aliphatic carbocycles. The molecule has 0 aliphatic heterocycles. The fourth-order valence-corrected chi connectivity index (χ4v) is 4.21. The van der Waals surface area contributed by atoms with E-state index in [2.05, 4.69) is 25.2 Å². The summed E-state index contributed by atoms with van der Waals surface area (Å²) in [6, 6.07) is 8.00. The number of nitrogens with one attached hydrogen (secondary N) is 2. The van der Waals surface area contributed by atoms with Crippen molar-refractivity contribution in [2.75, 3.05) is 10.0 Å². The summed E-state index contributed by atoms with van der Waals surface area (Å²) in [5.41, 5.74) is 1.97. The molecule has 0 radical (unpaired) electrons. The Balaban J connectivity index is 1.64. The highest BCUT2D eigenvalue weighted by Gasteiger charge is 2.16. The minimum Gasteiger partial charge on any atom is -0.300 e. The van der Waals surface area contributed by atoms with Crippen LogP contribution >= 0.6 is 22.7 Å². The van der Waals surface area contributed by atoms with Crippen LogP contribution in [-0.2, 0) is 21.2 Å². The van der Waals surface area contributed by atoms with Crippen LogP contribution in [0.5, 0.6) is 0 Å². The van der Waals surface area contributed by atoms with Gasteiger partial charge < -0.3 is 5.32 Å². The predicted molar refractivity (Wildman–Crippen MR) is 91.6 cm³/mol. The van der Waals surface area contributed by atoms with Crippen molar-refractivity contribution in [1.82, 2.24) is 15.2 Å². The van der Waals surface area contributed by atoms with Crippen molar-refractivity contribution in [3.8, 4) is 0 Å². The maximum absolute atomic E-state index is 12.2. The van der Waals surface area contributed by atoms with E-state index in [1.807, 2.05) is 0 Å². The Kier molecular flexibility index (Phi) is 4.83. The monoisotopic (exact) mass is 381 g/mol. The average molecular weight is 381 g/mol. The molecule has 0 saturated carbocycles. The summed E-state index contributed by atoms with van der Waals surface area (Å²) < 4.78 is 26.8. The molecule has 11 heteroatoms. The first-order valence-electron chi connectivity index (χ1n) is 6.61. The molecule has 3 rings (SSSR count). The van der Waals surface area contributed by atoms with Crippen LogP contribution in [0.25, 0.3) is 0 Å². The van der Waals surface area contributed by atoms with Crippen molar-refractivity contribution >= 4 is 48.9 Å². The summed E-state index contributed by atoms with van der Waals surface area (Å²) in [6.07, 6.45) is 0.0170. The SMILES string of the molecule is O=C(Cc1csc(NS(=O)(=O)c2ccccc2)n1)Nc1nncs1. The predicted octanol–water partition coefficient (Wildman–Crippen LogP) is 1.98. The number of thiazole rings is 1. The van der Waals surface area contributed by atoms with Crippen molar-refractivity contribution in [3.05, 3.63) is 46.9 Å². The highest BCUT2D eigenvalue weighted by molar-refractivity contribution is 7.93. The maximum atomic E-state index is 12.2. The summed E-state index contributed by atoms with van der Waals surface area (Å²) in [6.45, 7) is 0. The highest BCUT2D eigenvalue weighted by atomic mass is 32.2. The molecule has 2 aromatic heterocycles. The molecule has 24 heavy (non-hydrogen) atoms. The Hall–Kier alpha value is -2.37. The normalized spacial score (nSPS) is 11.2. The second-order valence-electron chi connectivity index (χ2n) is 4.53. The van der Waals surface area contributed by atoms with E-state index in [0.717, 1.165) is 11.3 Å². The average Bonchev–Trinajstić information content (AvgIpc) is 3.20. The van der Waals surface area contributed by atoms with E-state index in [1.165, 1.54) is 29.0 Å². The van der Waals surface area contributed by atoms with Gasteiger partial charge in [-0.15, -0.1) is 21.5 Å². The van der Waals surface area contributed by atoms with E-state index < -0.39 is 10.0 Å². The molecule has 0 spiro atoms. The number of hydrogen-bond donors (Lipinski definition) is 2. The molecular weight excluding hydrogens is 370 g/mol. The molecule has 0 bridgehead atoms. The molecule has 8 nitrogen and oxygen atoms in total. The Morgan fingerprint density at radius 1 is 1.12 bits per heavy atom. The number of hydrogen-bond acceptors (Lipinski definition) is 8. The van der Waals surface area contributed by atoms with E-state index in [1.54, 1.807) is 23.6 Å². The maximum Gasteiger partial charge on any atom is 0.263 e. The van der Waals surface area contributed by atoms with Crippen LogP contribution in [0.1, 0.15) is 5.69 Å². The van der Waals surface area contributed by atoms with Gasteiger partial charge in [-0.1, -0.05) is 29.5 Å². The summed E-state index contributed by atoms with van der Waals surface area (Å²) in [4.78, 5) is 16.1. The van der Waals surface area contributed by atoms with Gasteiger partial charge in [0.05, 0.1) is 17.0 Å². The quantitative estimate of drug-likeness (QED) is 0.675. The van der Waals surface area contributed by atoms with Gasteiger partial charge in [-0.25, -0.2) is 13.4 Å². The van der Waals surface area contributed by atoms with Gasteiger partial charge in [-0.2, -0.15) is 0 Å². The fraction of sp³-hybridized carbons (Fsp3) is 0.0769. The van der Waals surface area contributed by atoms with Crippen LogP contribution in [0, 0.1) is 0 Å². The Morgan fingerprint density at radius 3 is 2.62 bits per heavy atom. The van der Waals surface area contributed by atoms with E-state index >= 15 is 0 Å². The number of nitrogens with zero attached hydrogens (tertiary/aromatic N) is 3. The second kappa shape index (κ2) is 7.03. The van der Waals surface area contributed by atoms with Crippen molar-refractivity contribution < 1.29 is 13.2 Å². The zero-order valence-corrected chi connectivity index (χ0v) is 14.5. The Labute approximate surface area is 145 Å². The van der Waals surface area contributed by atoms with E-state index in [9.17, 15) is 13.2 Å². The van der Waals surface area contributed by atoms with E-state index in [4.69, 9.17) is 0 Å². The molecular formula is C13H11N5O3S3. The minimum atomic E-state index is -3.69. The summed E-state index contributed by atoms with van der Waals surface area (Å²) in [5, 5.41) is 12.2. The Bertz CT molecular complexity index is 923. The number of carbonyl (C=O) groups excluding carboxylic acids is 1. The summed E-state index contributed by atoms with van der Waals surface area (Å²) in [7, 11) is -3.69. The first kappa shape index (κ1) is 16.5. The third-order valence-electron chi connectivity index (χ3n) is 2.77. The first-order chi connectivity index (χ1) is 11.5. The first-order valence-corrected chi connectivity index (χ1v) is 9.85. The largest absolute Gasteiger partial charge is 0.300 e. The van der Waals surface area contributed by atoms with Gasteiger partial charge in [0.2, 0.25) is 11.0 Å². The van der Waals surface area contributed by atoms with Gasteiger partial charge >= 0.3 is 0 Å². The smallest absolute Gasteiger partial charge is 0.263 e. The molecule has 1 amide bonds. The Morgan fingerprint density at radius 2 is 1.92 bits per heavy atom. The third kappa shape index (κ3) is 4.13. The molecule has 2 heterocycles. The lowest BCUT2D eigenvalue weighted by Crippen LogP contribution is -2.15. The number of benzene rings is 1. The van der Waals surface area contributed by atoms with Crippen LogP contribution < -0.4 is 10.0 Å². The van der Waals surface area contributed by atoms with Gasteiger partial charge in [-0.05, 0) is 12.1 Å². The summed E-state index contributed by atoms with van der Waals surface area (Å²) >= 11 is 2.32. The van der Waals surface area contributed by atoms with Crippen molar-refractivity contribution in [3.63, 3.8) is 0 Å². The molecule has 0 saturated heterocycles. The van der Waals surface area contributed by atoms with Crippen LogP contribution in [0.2, 0.25) is 0 Å². The molecule has 2 N–H and O–H groups in total. The standard InChI is InChI=1S/C13H11N5O3S3/c19-11(16-12-17-14-8-23-12)6-9-7-22-13(15-9)18-24(20,21)10-4-2-1-3-5-10/h1-5,7-8H,6H2,(H,15,18)(H,16,17,19). The van der Waals surface area contributed by atoms with Crippen LogP contribution in [0.15, 0.2) is 46.1 Å². The van der Waals surface area contributed by atoms with Gasteiger partial charge in [0.1, 0.15) is 5.51 Å². The minimum absolute atomic E-state index is 0.0170. The van der Waals surface area contributed by atoms with Crippen molar-refractivity contribution in [1.29, 1.82) is 0 Å². The number of amides is 1. The lowest BCUT2D eigenvalue weighted by Gasteiger charge is -2.04. The zero-order valence-electron chi connectivity index (χ0n) is 12.0. The molecule has 0 atom stereocenters. The van der Waals surface area contributed by atoms with Crippen LogP contribution in [-0.4, -0.2) is 29.5 Å². The molecule has 1 aromatic carbocycles.